The molecule has 444 valence electrons. The van der Waals surface area contributed by atoms with Gasteiger partial charge in [-0.05, 0) is 83.5 Å². The van der Waals surface area contributed by atoms with Crippen LogP contribution in [0.4, 0.5) is 0 Å². The molecule has 0 aliphatic heterocycles. The molecule has 0 radical (unpaired) electrons. The second kappa shape index (κ2) is 64.9. The van der Waals surface area contributed by atoms with Gasteiger partial charge in [0.05, 0.1) is 0 Å². The predicted molar refractivity (Wildman–Crippen MR) is 330 cm³/mol. The van der Waals surface area contributed by atoms with Gasteiger partial charge in [-0.15, -0.1) is 0 Å². The number of carbonyl (C=O) groups excluding carboxylic acids is 3. The quantitative estimate of drug-likeness (QED) is 0.0261. The lowest BCUT2D eigenvalue weighted by Crippen LogP contribution is -2.30. The molecule has 0 heterocycles. The smallest absolute Gasteiger partial charge is 0.306 e. The Bertz CT molecular complexity index is 1310. The van der Waals surface area contributed by atoms with E-state index in [9.17, 15) is 14.4 Å². The second-order valence-corrected chi connectivity index (χ2v) is 22.7. The zero-order chi connectivity index (χ0) is 55.0. The summed E-state index contributed by atoms with van der Waals surface area (Å²) in [6.07, 6.45) is 81.1. The van der Waals surface area contributed by atoms with Gasteiger partial charge >= 0.3 is 17.9 Å². The van der Waals surface area contributed by atoms with E-state index < -0.39 is 6.10 Å². The van der Waals surface area contributed by atoms with Crippen molar-refractivity contribution in [2.75, 3.05) is 13.2 Å². The molecule has 0 spiro atoms. The molecule has 0 fully saturated rings. The molecule has 0 aromatic carbocycles. The highest BCUT2D eigenvalue weighted by Gasteiger charge is 2.19. The highest BCUT2D eigenvalue weighted by molar-refractivity contribution is 5.71. The molecule has 0 aliphatic rings. The summed E-state index contributed by atoms with van der Waals surface area (Å²) in [5.74, 6) is -0.856. The first-order valence-corrected chi connectivity index (χ1v) is 33.6. The van der Waals surface area contributed by atoms with E-state index in [0.717, 1.165) is 70.6 Å². The highest BCUT2D eigenvalue weighted by atomic mass is 16.6. The summed E-state index contributed by atoms with van der Waals surface area (Å²) in [6.45, 7) is 6.66. The molecule has 1 unspecified atom stereocenters. The Labute approximate surface area is 473 Å². The topological polar surface area (TPSA) is 78.9 Å². The molecule has 0 rings (SSSR count). The minimum Gasteiger partial charge on any atom is -0.462 e. The lowest BCUT2D eigenvalue weighted by Gasteiger charge is -2.18. The van der Waals surface area contributed by atoms with Crippen LogP contribution in [-0.4, -0.2) is 37.2 Å². The summed E-state index contributed by atoms with van der Waals surface area (Å²) >= 11 is 0. The Hall–Kier alpha value is -2.63. The van der Waals surface area contributed by atoms with Crippen LogP contribution in [0.2, 0.25) is 0 Å². The van der Waals surface area contributed by atoms with Gasteiger partial charge in [0, 0.05) is 19.3 Å². The first-order chi connectivity index (χ1) is 37.5. The molecule has 6 heteroatoms. The van der Waals surface area contributed by atoms with Gasteiger partial charge < -0.3 is 14.2 Å². The van der Waals surface area contributed by atoms with E-state index in [2.05, 4.69) is 69.4 Å². The van der Waals surface area contributed by atoms with Crippen LogP contribution >= 0.6 is 0 Å². The molecular formula is C70H128O6. The molecule has 0 saturated heterocycles. The van der Waals surface area contributed by atoms with Crippen molar-refractivity contribution in [2.45, 2.75) is 367 Å². The average molecular weight is 1070 g/mol. The Morgan fingerprint density at radius 3 is 0.750 bits per heavy atom. The van der Waals surface area contributed by atoms with Crippen molar-refractivity contribution >= 4 is 17.9 Å². The standard InChI is InChI=1S/C70H128O6/c1-4-7-10-13-16-19-22-25-28-31-34-35-37-39-42-45-48-51-54-57-60-63-69(72)75-66-67(65-74-68(71)62-59-56-53-50-47-44-41-38-33-30-27-24-21-18-15-12-9-6-3)76-70(73)64-61-58-55-52-49-46-43-40-36-32-29-26-23-20-17-14-11-8-5-2/h17,20,22,25-26,29,31,34,67H,4-16,18-19,21,23-24,27-28,30,32-33,35-66H2,1-3H3/b20-17-,25-22-,29-26-,34-31-. The highest BCUT2D eigenvalue weighted by Crippen LogP contribution is 2.18. The third-order valence-electron chi connectivity index (χ3n) is 15.1. The molecule has 1 atom stereocenters. The van der Waals surface area contributed by atoms with E-state index >= 15 is 0 Å². The van der Waals surface area contributed by atoms with Gasteiger partial charge in [0.25, 0.3) is 0 Å². The molecule has 0 aromatic heterocycles. The summed E-state index contributed by atoms with van der Waals surface area (Å²) < 4.78 is 17.0. The van der Waals surface area contributed by atoms with Gasteiger partial charge in [0.15, 0.2) is 6.10 Å². The number of allylic oxidation sites excluding steroid dienone is 8. The number of hydrogen-bond donors (Lipinski definition) is 0. The maximum absolute atomic E-state index is 12.9. The van der Waals surface area contributed by atoms with Crippen LogP contribution in [0.25, 0.3) is 0 Å². The molecule has 0 saturated carbocycles. The van der Waals surface area contributed by atoms with Gasteiger partial charge in [0.2, 0.25) is 0 Å². The molecular weight excluding hydrogens is 937 g/mol. The number of ether oxygens (including phenoxy) is 3. The third-order valence-corrected chi connectivity index (χ3v) is 15.1. The Kier molecular flexibility index (Phi) is 62.6. The van der Waals surface area contributed by atoms with Gasteiger partial charge in [-0.2, -0.15) is 0 Å². The van der Waals surface area contributed by atoms with Crippen LogP contribution in [0.1, 0.15) is 361 Å². The zero-order valence-electron chi connectivity index (χ0n) is 51.0. The van der Waals surface area contributed by atoms with Crippen LogP contribution in [0, 0.1) is 0 Å². The van der Waals surface area contributed by atoms with Gasteiger partial charge in [0.1, 0.15) is 13.2 Å². The third kappa shape index (κ3) is 62.2. The maximum Gasteiger partial charge on any atom is 0.306 e. The van der Waals surface area contributed by atoms with Crippen molar-refractivity contribution in [2.24, 2.45) is 0 Å². The Morgan fingerprint density at radius 1 is 0.263 bits per heavy atom. The summed E-state index contributed by atoms with van der Waals surface area (Å²) in [5.41, 5.74) is 0. The lowest BCUT2D eigenvalue weighted by atomic mass is 10.0. The number of rotatable bonds is 62. The minimum atomic E-state index is -0.777. The molecule has 6 nitrogen and oxygen atoms in total. The van der Waals surface area contributed by atoms with E-state index in [0.29, 0.717) is 19.3 Å². The summed E-state index contributed by atoms with van der Waals surface area (Å²) in [6, 6.07) is 0. The van der Waals surface area contributed by atoms with Gasteiger partial charge in [-0.1, -0.05) is 307 Å². The normalized spacial score (nSPS) is 12.3. The van der Waals surface area contributed by atoms with Crippen molar-refractivity contribution in [1.82, 2.24) is 0 Å². The van der Waals surface area contributed by atoms with Crippen molar-refractivity contribution in [3.63, 3.8) is 0 Å². The maximum atomic E-state index is 12.9. The fourth-order valence-corrected chi connectivity index (χ4v) is 9.98. The Balaban J connectivity index is 4.35. The number of carbonyl (C=O) groups is 3. The minimum absolute atomic E-state index is 0.0720. The average Bonchev–Trinajstić information content (AvgIpc) is 3.42. The summed E-state index contributed by atoms with van der Waals surface area (Å²) in [7, 11) is 0. The van der Waals surface area contributed by atoms with Crippen molar-refractivity contribution in [1.29, 1.82) is 0 Å². The van der Waals surface area contributed by atoms with Gasteiger partial charge in [-0.3, -0.25) is 14.4 Å². The fourth-order valence-electron chi connectivity index (χ4n) is 9.98. The van der Waals surface area contributed by atoms with Crippen LogP contribution in [0.15, 0.2) is 48.6 Å². The van der Waals surface area contributed by atoms with Crippen molar-refractivity contribution in [3.8, 4) is 0 Å². The van der Waals surface area contributed by atoms with Crippen molar-refractivity contribution < 1.29 is 28.6 Å². The van der Waals surface area contributed by atoms with E-state index in [1.54, 1.807) is 0 Å². The fraction of sp³-hybridized carbons (Fsp3) is 0.843. The monoisotopic (exact) mass is 1060 g/mol. The van der Waals surface area contributed by atoms with E-state index in [4.69, 9.17) is 14.2 Å². The first kappa shape index (κ1) is 73.4. The molecule has 76 heavy (non-hydrogen) atoms. The largest absolute Gasteiger partial charge is 0.462 e. The SMILES string of the molecule is CCCCC/C=C\C/C=C\CCCCCCCCCCCC(=O)OC(COC(=O)CCCCCCCCCCC/C=C\C/C=C\CCCCCCC)COC(=O)CCCCCCCCCCCCCCCCCCCC. The summed E-state index contributed by atoms with van der Waals surface area (Å²) in [5, 5.41) is 0. The number of hydrogen-bond acceptors (Lipinski definition) is 6. The molecule has 0 bridgehead atoms. The van der Waals surface area contributed by atoms with E-state index in [1.807, 2.05) is 0 Å². The molecule has 0 aliphatic carbocycles. The van der Waals surface area contributed by atoms with Crippen molar-refractivity contribution in [3.05, 3.63) is 48.6 Å². The zero-order valence-corrected chi connectivity index (χ0v) is 51.0. The van der Waals surface area contributed by atoms with Crippen LogP contribution in [0.5, 0.6) is 0 Å². The second-order valence-electron chi connectivity index (χ2n) is 22.7. The first-order valence-electron chi connectivity index (χ1n) is 33.6. The lowest BCUT2D eigenvalue weighted by molar-refractivity contribution is -0.167. The molecule has 0 N–H and O–H groups in total. The van der Waals surface area contributed by atoms with Crippen LogP contribution < -0.4 is 0 Å². The van der Waals surface area contributed by atoms with Gasteiger partial charge in [-0.25, -0.2) is 0 Å². The van der Waals surface area contributed by atoms with E-state index in [1.165, 1.54) is 250 Å². The molecule has 0 amide bonds. The van der Waals surface area contributed by atoms with E-state index in [-0.39, 0.29) is 31.1 Å². The number of unbranched alkanes of at least 4 members (excludes halogenated alkanes) is 43. The summed E-state index contributed by atoms with van der Waals surface area (Å²) in [4.78, 5) is 38.4. The predicted octanol–water partition coefficient (Wildman–Crippen LogP) is 22.9. The molecule has 0 aromatic rings. The Morgan fingerprint density at radius 2 is 0.474 bits per heavy atom. The van der Waals surface area contributed by atoms with Crippen LogP contribution in [0.3, 0.4) is 0 Å². The van der Waals surface area contributed by atoms with Crippen LogP contribution in [-0.2, 0) is 28.6 Å². The number of esters is 3.